The fourth-order valence-electron chi connectivity index (χ4n) is 3.93. The summed E-state index contributed by atoms with van der Waals surface area (Å²) in [6.45, 7) is 2.79. The summed E-state index contributed by atoms with van der Waals surface area (Å²) < 4.78 is 91.7. The Kier molecular flexibility index (Phi) is 6.97. The smallest absolute Gasteiger partial charge is 0.458 e. The van der Waals surface area contributed by atoms with E-state index in [-0.39, 0.29) is 22.8 Å². The van der Waals surface area contributed by atoms with Gasteiger partial charge in [-0.1, -0.05) is 25.0 Å². The van der Waals surface area contributed by atoms with Gasteiger partial charge in [-0.25, -0.2) is 13.2 Å². The molecule has 3 aromatic carbocycles. The summed E-state index contributed by atoms with van der Waals surface area (Å²) >= 11 is 0. The molecule has 1 fully saturated rings. The Labute approximate surface area is 197 Å². The molecule has 9 heteroatoms. The van der Waals surface area contributed by atoms with Crippen molar-refractivity contribution in [2.45, 2.75) is 38.3 Å². The van der Waals surface area contributed by atoms with Gasteiger partial charge in [0.1, 0.15) is 17.4 Å². The van der Waals surface area contributed by atoms with E-state index in [1.54, 1.807) is 24.3 Å². The summed E-state index contributed by atoms with van der Waals surface area (Å²) in [4.78, 5) is 0. The molecule has 0 radical (unpaired) electrons. The first-order chi connectivity index (χ1) is 16.5. The third-order valence-corrected chi connectivity index (χ3v) is 5.72. The van der Waals surface area contributed by atoms with Gasteiger partial charge in [0.05, 0.1) is 17.1 Å². The summed E-state index contributed by atoms with van der Waals surface area (Å²) in [5, 5.41) is 9.36. The molecule has 1 aliphatic heterocycles. The van der Waals surface area contributed by atoms with Crippen molar-refractivity contribution in [2.75, 3.05) is 6.61 Å². The Morgan fingerprint density at radius 1 is 1.03 bits per heavy atom. The molecule has 0 bridgehead atoms. The Morgan fingerprint density at radius 2 is 1.74 bits per heavy atom. The van der Waals surface area contributed by atoms with Crippen LogP contribution in [0.5, 0.6) is 5.75 Å². The van der Waals surface area contributed by atoms with Gasteiger partial charge in [0.2, 0.25) is 6.29 Å². The van der Waals surface area contributed by atoms with E-state index < -0.39 is 40.9 Å². The molecule has 3 aromatic rings. The lowest BCUT2D eigenvalue weighted by molar-refractivity contribution is -0.0696. The fraction of sp³-hybridized carbons (Fsp3) is 0.308. The van der Waals surface area contributed by atoms with Crippen molar-refractivity contribution < 1.29 is 40.9 Å². The maximum Gasteiger partial charge on any atom is 0.458 e. The number of ether oxygens (including phenoxy) is 2. The summed E-state index contributed by atoms with van der Waals surface area (Å²) in [7, 11) is 0. The van der Waals surface area contributed by atoms with Gasteiger partial charge in [0.25, 0.3) is 0 Å². The summed E-state index contributed by atoms with van der Waals surface area (Å²) in [5.41, 5.74) is -0.391. The first-order valence-electron chi connectivity index (χ1n) is 10.8. The zero-order valence-corrected chi connectivity index (χ0v) is 18.4. The molecule has 4 rings (SSSR count). The van der Waals surface area contributed by atoms with E-state index in [0.717, 1.165) is 36.5 Å². The van der Waals surface area contributed by atoms with E-state index >= 15 is 0 Å². The molecule has 35 heavy (non-hydrogen) atoms. The standard InChI is InChI=1S/C26H20F6O3/c1-14-2-7-22(34-13-14)15-3-5-18(6-4-15)35-25(33)17-10-16-11-20(27)19(8-9-26(30,31)32)24(29)23(16)21(28)12-17/h3-6,10-12,14,22,25,33H,2,7,13H2,1H3. The van der Waals surface area contributed by atoms with Gasteiger partial charge in [0, 0.05) is 18.1 Å². The van der Waals surface area contributed by atoms with E-state index in [2.05, 4.69) is 6.92 Å². The Morgan fingerprint density at radius 3 is 2.37 bits per heavy atom. The summed E-state index contributed by atoms with van der Waals surface area (Å²) in [5.74, 6) is -1.27. The van der Waals surface area contributed by atoms with Gasteiger partial charge >= 0.3 is 6.18 Å². The SMILES string of the molecule is CC1CCC(c2ccc(OC(O)c3cc(F)c4c(F)c(C#CC(F)(F)F)c(F)cc4c3)cc2)OC1. The van der Waals surface area contributed by atoms with Crippen LogP contribution >= 0.6 is 0 Å². The number of halogens is 6. The zero-order valence-electron chi connectivity index (χ0n) is 18.4. The van der Waals surface area contributed by atoms with Crippen LogP contribution < -0.4 is 4.74 Å². The van der Waals surface area contributed by atoms with Crippen LogP contribution in [-0.4, -0.2) is 17.9 Å². The normalized spacial score (nSPS) is 19.2. The van der Waals surface area contributed by atoms with E-state index in [4.69, 9.17) is 9.47 Å². The van der Waals surface area contributed by atoms with Crippen LogP contribution in [0.2, 0.25) is 0 Å². The van der Waals surface area contributed by atoms with E-state index in [1.165, 1.54) is 5.92 Å². The van der Waals surface area contributed by atoms with Gasteiger partial charge in [-0.15, -0.1) is 0 Å². The second-order valence-corrected chi connectivity index (χ2v) is 8.44. The Balaban J connectivity index is 1.56. The van der Waals surface area contributed by atoms with E-state index in [9.17, 15) is 31.4 Å². The quantitative estimate of drug-likeness (QED) is 0.248. The predicted octanol–water partition coefficient (Wildman–Crippen LogP) is 6.73. The van der Waals surface area contributed by atoms with Gasteiger partial charge in [-0.3, -0.25) is 0 Å². The third kappa shape index (κ3) is 5.72. The minimum Gasteiger partial charge on any atom is -0.461 e. The minimum absolute atomic E-state index is 0.0322. The van der Waals surface area contributed by atoms with Gasteiger partial charge in [0.15, 0.2) is 5.82 Å². The molecular formula is C26H20F6O3. The third-order valence-electron chi connectivity index (χ3n) is 5.72. The van der Waals surface area contributed by atoms with Crippen molar-refractivity contribution in [3.05, 3.63) is 76.6 Å². The number of fused-ring (bicyclic) bond motifs is 1. The highest BCUT2D eigenvalue weighted by atomic mass is 19.4. The number of hydrogen-bond donors (Lipinski definition) is 1. The number of benzene rings is 3. The van der Waals surface area contributed by atoms with E-state index in [1.807, 2.05) is 0 Å². The molecule has 0 aliphatic carbocycles. The summed E-state index contributed by atoms with van der Waals surface area (Å²) in [6.07, 6.45) is -4.75. The lowest BCUT2D eigenvalue weighted by Crippen LogP contribution is -2.18. The average Bonchev–Trinajstić information content (AvgIpc) is 2.78. The van der Waals surface area contributed by atoms with Crippen molar-refractivity contribution >= 4 is 10.8 Å². The molecule has 184 valence electrons. The van der Waals surface area contributed by atoms with Crippen molar-refractivity contribution in [1.82, 2.24) is 0 Å². The van der Waals surface area contributed by atoms with Crippen LogP contribution in [-0.2, 0) is 4.74 Å². The van der Waals surface area contributed by atoms with Crippen LogP contribution in [0, 0.1) is 35.2 Å². The van der Waals surface area contributed by atoms with Crippen molar-refractivity contribution in [3.8, 4) is 17.6 Å². The molecule has 3 nitrogen and oxygen atoms in total. The number of aliphatic hydroxyl groups excluding tert-OH is 1. The lowest BCUT2D eigenvalue weighted by atomic mass is 9.96. The number of rotatable bonds is 4. The molecule has 0 saturated carbocycles. The molecule has 1 heterocycles. The Bertz CT molecular complexity index is 1280. The van der Waals surface area contributed by atoms with E-state index in [0.29, 0.717) is 18.6 Å². The molecule has 1 aliphatic rings. The zero-order chi connectivity index (χ0) is 25.3. The van der Waals surface area contributed by atoms with Crippen LogP contribution in [0.1, 0.15) is 48.8 Å². The van der Waals surface area contributed by atoms with Crippen molar-refractivity contribution in [1.29, 1.82) is 0 Å². The predicted molar refractivity (Wildman–Crippen MR) is 116 cm³/mol. The summed E-state index contributed by atoms with van der Waals surface area (Å²) in [6, 6.07) is 9.31. The molecule has 1 saturated heterocycles. The van der Waals surface area contributed by atoms with Crippen LogP contribution in [0.15, 0.2) is 42.5 Å². The highest BCUT2D eigenvalue weighted by Crippen LogP contribution is 2.33. The minimum atomic E-state index is -4.97. The molecule has 0 amide bonds. The number of alkyl halides is 3. The molecule has 3 atom stereocenters. The molecule has 1 N–H and O–H groups in total. The largest absolute Gasteiger partial charge is 0.461 e. The maximum absolute atomic E-state index is 14.7. The van der Waals surface area contributed by atoms with Gasteiger partial charge in [-0.2, -0.15) is 13.2 Å². The molecule has 0 spiro atoms. The number of aliphatic hydroxyl groups is 1. The molecule has 3 unspecified atom stereocenters. The van der Waals surface area contributed by atoms with Crippen molar-refractivity contribution in [3.63, 3.8) is 0 Å². The second-order valence-electron chi connectivity index (χ2n) is 8.44. The topological polar surface area (TPSA) is 38.7 Å². The van der Waals surface area contributed by atoms with Gasteiger partial charge < -0.3 is 14.6 Å². The maximum atomic E-state index is 14.7. The number of hydrogen-bond acceptors (Lipinski definition) is 3. The molecular weight excluding hydrogens is 474 g/mol. The second kappa shape index (κ2) is 9.80. The monoisotopic (exact) mass is 494 g/mol. The van der Waals surface area contributed by atoms with Crippen LogP contribution in [0.3, 0.4) is 0 Å². The Hall–Kier alpha value is -3.22. The van der Waals surface area contributed by atoms with Crippen molar-refractivity contribution in [2.24, 2.45) is 5.92 Å². The van der Waals surface area contributed by atoms with Crippen LogP contribution in [0.25, 0.3) is 10.8 Å². The molecule has 0 aromatic heterocycles. The highest BCUT2D eigenvalue weighted by Gasteiger charge is 2.25. The first-order valence-corrected chi connectivity index (χ1v) is 10.8. The van der Waals surface area contributed by atoms with Gasteiger partial charge in [-0.05, 0) is 60.0 Å². The highest BCUT2D eigenvalue weighted by molar-refractivity contribution is 5.86. The average molecular weight is 494 g/mol. The first kappa shape index (κ1) is 24.9. The van der Waals surface area contributed by atoms with Crippen LogP contribution in [0.4, 0.5) is 26.3 Å². The lowest BCUT2D eigenvalue weighted by Gasteiger charge is -2.27. The fourth-order valence-corrected chi connectivity index (χ4v) is 3.93.